The van der Waals surface area contributed by atoms with Gasteiger partial charge in [0.05, 0.1) is 0 Å². The lowest BCUT2D eigenvalue weighted by atomic mass is 9.79. The fourth-order valence-electron chi connectivity index (χ4n) is 9.61. The van der Waals surface area contributed by atoms with Crippen molar-refractivity contribution < 1.29 is 0 Å². The monoisotopic (exact) mass is 751 g/mol. The van der Waals surface area contributed by atoms with Crippen molar-refractivity contribution in [3.05, 3.63) is 148 Å². The molecule has 284 valence electrons. The van der Waals surface area contributed by atoms with Crippen molar-refractivity contribution in [3.8, 4) is 22.3 Å². The van der Waals surface area contributed by atoms with Crippen molar-refractivity contribution in [3.63, 3.8) is 0 Å². The van der Waals surface area contributed by atoms with E-state index in [-0.39, 0.29) is 27.1 Å². The van der Waals surface area contributed by atoms with E-state index in [2.05, 4.69) is 204 Å². The van der Waals surface area contributed by atoms with Crippen LogP contribution in [-0.4, -0.2) is 0 Å². The van der Waals surface area contributed by atoms with Gasteiger partial charge >= 0.3 is 0 Å². The van der Waals surface area contributed by atoms with Crippen molar-refractivity contribution in [1.82, 2.24) is 0 Å². The van der Waals surface area contributed by atoms with E-state index in [4.69, 9.17) is 0 Å². The summed E-state index contributed by atoms with van der Waals surface area (Å²) in [5, 5.41) is 2.72. The van der Waals surface area contributed by atoms with E-state index in [1.807, 2.05) is 11.3 Å². The molecule has 0 radical (unpaired) electrons. The predicted molar refractivity (Wildman–Crippen MR) is 245 cm³/mol. The molecule has 1 aromatic heterocycles. The maximum atomic E-state index is 2.52. The van der Waals surface area contributed by atoms with E-state index in [0.717, 1.165) is 0 Å². The van der Waals surface area contributed by atoms with Gasteiger partial charge in [-0.15, -0.1) is 11.3 Å². The molecule has 2 aliphatic carbocycles. The predicted octanol–water partition coefficient (Wildman–Crippen LogP) is 16.0. The Morgan fingerprint density at radius 1 is 0.429 bits per heavy atom. The number of nitrogens with zero attached hydrogens (tertiary/aromatic N) is 1. The summed E-state index contributed by atoms with van der Waals surface area (Å²) in [6.45, 7) is 30.6. The molecule has 2 aliphatic rings. The quantitative estimate of drug-likeness (QED) is 0.174. The Balaban J connectivity index is 1.26. The lowest BCUT2D eigenvalue weighted by Gasteiger charge is -2.30. The molecular weight excluding hydrogens is 695 g/mol. The van der Waals surface area contributed by atoms with Crippen LogP contribution in [0.1, 0.15) is 129 Å². The smallest absolute Gasteiger partial charge is 0.0476 e. The second-order valence-corrected chi connectivity index (χ2v) is 21.8. The summed E-state index contributed by atoms with van der Waals surface area (Å²) in [5.41, 5.74) is 18.8. The SMILES string of the molecule is CC(C)(C)c1ccc2c(c1)C(C)(C)c1cc(N(c3ccc4c(c3)C(C)(C)c3ccccc3-4)c3ccc4c(c3)sc3c(C(C)(C)C)cc(C(C)(C)C)cc34)ccc1-2. The zero-order valence-electron chi connectivity index (χ0n) is 35.7. The normalized spacial score (nSPS) is 15.5. The molecule has 0 bridgehead atoms. The van der Waals surface area contributed by atoms with Crippen LogP contribution in [-0.2, 0) is 27.1 Å². The topological polar surface area (TPSA) is 3.24 Å². The van der Waals surface area contributed by atoms with E-state index in [9.17, 15) is 0 Å². The number of rotatable bonds is 3. The van der Waals surface area contributed by atoms with Gasteiger partial charge < -0.3 is 4.90 Å². The number of benzene rings is 6. The molecule has 0 N–H and O–H groups in total. The summed E-state index contributed by atoms with van der Waals surface area (Å²) < 4.78 is 2.74. The van der Waals surface area contributed by atoms with Crippen molar-refractivity contribution >= 4 is 48.6 Å². The second kappa shape index (κ2) is 11.9. The fourth-order valence-corrected chi connectivity index (χ4v) is 11.0. The van der Waals surface area contributed by atoms with E-state index < -0.39 is 0 Å². The summed E-state index contributed by atoms with van der Waals surface area (Å²) in [4.78, 5) is 2.52. The summed E-state index contributed by atoms with van der Waals surface area (Å²) >= 11 is 1.96. The first-order chi connectivity index (χ1) is 26.2. The van der Waals surface area contributed by atoms with Gasteiger partial charge in [-0.25, -0.2) is 0 Å². The first-order valence-electron chi connectivity index (χ1n) is 20.5. The maximum absolute atomic E-state index is 2.52. The third-order valence-corrected chi connectivity index (χ3v) is 14.3. The average Bonchev–Trinajstić information content (AvgIpc) is 3.69. The van der Waals surface area contributed by atoms with Crippen LogP contribution in [0.5, 0.6) is 0 Å². The van der Waals surface area contributed by atoms with E-state index in [1.54, 1.807) is 0 Å². The molecule has 6 aromatic carbocycles. The highest BCUT2D eigenvalue weighted by Crippen LogP contribution is 2.54. The average molecular weight is 752 g/mol. The molecule has 0 amide bonds. The molecule has 9 rings (SSSR count). The third-order valence-electron chi connectivity index (χ3n) is 13.1. The lowest BCUT2D eigenvalue weighted by molar-refractivity contribution is 0.573. The van der Waals surface area contributed by atoms with Crippen molar-refractivity contribution in [2.75, 3.05) is 4.90 Å². The second-order valence-electron chi connectivity index (χ2n) is 20.8. The maximum Gasteiger partial charge on any atom is 0.0476 e. The summed E-state index contributed by atoms with van der Waals surface area (Å²) in [5.74, 6) is 0. The van der Waals surface area contributed by atoms with Crippen LogP contribution in [0.2, 0.25) is 0 Å². The van der Waals surface area contributed by atoms with Crippen LogP contribution >= 0.6 is 11.3 Å². The van der Waals surface area contributed by atoms with E-state index in [0.29, 0.717) is 0 Å². The summed E-state index contributed by atoms with van der Waals surface area (Å²) in [7, 11) is 0. The van der Waals surface area contributed by atoms with Gasteiger partial charge in [-0.05, 0) is 120 Å². The minimum Gasteiger partial charge on any atom is -0.310 e. The number of hydrogen-bond acceptors (Lipinski definition) is 2. The zero-order chi connectivity index (χ0) is 39.9. The van der Waals surface area contributed by atoms with Crippen molar-refractivity contribution in [1.29, 1.82) is 0 Å². The largest absolute Gasteiger partial charge is 0.310 e. The van der Waals surface area contributed by atoms with Crippen molar-refractivity contribution in [2.24, 2.45) is 0 Å². The first-order valence-corrected chi connectivity index (χ1v) is 21.3. The van der Waals surface area contributed by atoms with Crippen LogP contribution in [0, 0.1) is 0 Å². The van der Waals surface area contributed by atoms with E-state index >= 15 is 0 Å². The Kier molecular flexibility index (Phi) is 7.87. The van der Waals surface area contributed by atoms with Gasteiger partial charge in [0, 0.05) is 48.1 Å². The molecule has 7 aromatic rings. The Morgan fingerprint density at radius 2 is 0.929 bits per heavy atom. The highest BCUT2D eigenvalue weighted by atomic mass is 32.1. The standard InChI is InChI=1S/C54H57NS/c1-50(2,3)32-18-22-38-40-24-20-35(30-46(40)54(12,13)44(38)27-32)55(34-19-23-39-37-16-14-15-17-43(37)53(10,11)45(39)29-34)36-21-25-41-42-26-33(51(4,5)6)28-47(52(7,8)9)49(42)56-48(41)31-36/h14-31H,1-13H3. The van der Waals surface area contributed by atoms with E-state index in [1.165, 1.54) is 98.4 Å². The van der Waals surface area contributed by atoms with Gasteiger partial charge in [0.2, 0.25) is 0 Å². The highest BCUT2D eigenvalue weighted by molar-refractivity contribution is 7.26. The molecular formula is C54H57NS. The molecule has 0 unspecified atom stereocenters. The number of fused-ring (bicyclic) bond motifs is 9. The van der Waals surface area contributed by atoms with Crippen LogP contribution < -0.4 is 4.90 Å². The molecule has 1 heterocycles. The van der Waals surface area contributed by atoms with Crippen molar-refractivity contribution in [2.45, 2.75) is 117 Å². The van der Waals surface area contributed by atoms with Gasteiger partial charge in [-0.3, -0.25) is 0 Å². The van der Waals surface area contributed by atoms with Gasteiger partial charge in [0.1, 0.15) is 0 Å². The lowest BCUT2D eigenvalue weighted by Crippen LogP contribution is -2.19. The van der Waals surface area contributed by atoms with Crippen LogP contribution in [0.4, 0.5) is 17.1 Å². The van der Waals surface area contributed by atoms with Gasteiger partial charge in [0.15, 0.2) is 0 Å². The molecule has 0 saturated heterocycles. The Morgan fingerprint density at radius 3 is 1.52 bits per heavy atom. The van der Waals surface area contributed by atoms with Crippen LogP contribution in [0.25, 0.3) is 42.4 Å². The summed E-state index contributed by atoms with van der Waals surface area (Å²) in [6.07, 6.45) is 0. The van der Waals surface area contributed by atoms with Crippen LogP contribution in [0.3, 0.4) is 0 Å². The fraction of sp³-hybridized carbons (Fsp3) is 0.333. The molecule has 0 spiro atoms. The number of anilines is 3. The van der Waals surface area contributed by atoms with Gasteiger partial charge in [-0.2, -0.15) is 0 Å². The Bertz CT molecular complexity index is 2750. The Hall–Kier alpha value is -4.66. The van der Waals surface area contributed by atoms with Gasteiger partial charge in [-0.1, -0.05) is 157 Å². The zero-order valence-corrected chi connectivity index (χ0v) is 36.6. The number of hydrogen-bond donors (Lipinski definition) is 0. The molecule has 0 fully saturated rings. The number of thiophene rings is 1. The highest BCUT2D eigenvalue weighted by Gasteiger charge is 2.38. The van der Waals surface area contributed by atoms with Crippen LogP contribution in [0.15, 0.2) is 109 Å². The minimum atomic E-state index is -0.126. The van der Waals surface area contributed by atoms with Gasteiger partial charge in [0.25, 0.3) is 0 Å². The molecule has 2 heteroatoms. The molecule has 0 aliphatic heterocycles. The molecule has 56 heavy (non-hydrogen) atoms. The molecule has 1 nitrogen and oxygen atoms in total. The summed E-state index contributed by atoms with van der Waals surface area (Å²) in [6, 6.07) is 42.7. The molecule has 0 atom stereocenters. The Labute approximate surface area is 339 Å². The minimum absolute atomic E-state index is 0.0342. The molecule has 0 saturated carbocycles. The first kappa shape index (κ1) is 36.9. The third kappa shape index (κ3) is 5.53.